The Labute approximate surface area is 310 Å². The summed E-state index contributed by atoms with van der Waals surface area (Å²) >= 11 is 0. The van der Waals surface area contributed by atoms with Crippen LogP contribution in [0, 0.1) is 23.7 Å². The van der Waals surface area contributed by atoms with Crippen LogP contribution in [0.25, 0.3) is 0 Å². The van der Waals surface area contributed by atoms with Crippen molar-refractivity contribution in [3.8, 4) is 0 Å². The first-order valence-electron chi connectivity index (χ1n) is 21.5. The lowest BCUT2D eigenvalue weighted by Gasteiger charge is -2.35. The highest BCUT2D eigenvalue weighted by Gasteiger charge is 2.32. The fourth-order valence-electron chi connectivity index (χ4n) is 9.43. The highest BCUT2D eigenvalue weighted by Crippen LogP contribution is 2.38. The van der Waals surface area contributed by atoms with Crippen LogP contribution in [0.3, 0.4) is 0 Å². The number of epoxide rings is 2. The van der Waals surface area contributed by atoms with Crippen molar-refractivity contribution in [3.05, 3.63) is 0 Å². The molecule has 9 nitrogen and oxygen atoms in total. The molecule has 0 aromatic rings. The predicted molar refractivity (Wildman–Crippen MR) is 197 cm³/mol. The van der Waals surface area contributed by atoms with Crippen LogP contribution in [0.5, 0.6) is 0 Å². The monoisotopic (exact) mass is 723 g/mol. The van der Waals surface area contributed by atoms with Gasteiger partial charge in [-0.1, -0.05) is 0 Å². The molecule has 51 heavy (non-hydrogen) atoms. The van der Waals surface area contributed by atoms with Gasteiger partial charge in [0.15, 0.2) is 12.6 Å². The highest BCUT2D eigenvalue weighted by molar-refractivity contribution is 4.82. The van der Waals surface area contributed by atoms with Crippen molar-refractivity contribution >= 4 is 0 Å². The molecule has 6 atom stereocenters. The van der Waals surface area contributed by atoms with Gasteiger partial charge in [0, 0.05) is 0 Å². The average Bonchev–Trinajstić information content (AvgIpc) is 4.07. The maximum absolute atomic E-state index is 6.33. The van der Waals surface area contributed by atoms with Crippen molar-refractivity contribution in [3.63, 3.8) is 0 Å². The second-order valence-electron chi connectivity index (χ2n) is 17.5. The number of ether oxygens (including phenoxy) is 9. The molecule has 2 saturated heterocycles. The molecule has 6 aliphatic rings. The molecule has 0 bridgehead atoms. The number of rotatable bonds is 22. The van der Waals surface area contributed by atoms with Crippen LogP contribution in [0.2, 0.25) is 0 Å². The topological polar surface area (TPSA) is 89.7 Å². The minimum absolute atomic E-state index is 0.0215. The summed E-state index contributed by atoms with van der Waals surface area (Å²) in [6, 6.07) is 0. The summed E-state index contributed by atoms with van der Waals surface area (Å²) in [5, 5.41) is 0. The summed E-state index contributed by atoms with van der Waals surface area (Å²) in [6.07, 6.45) is 24.5. The molecule has 0 spiro atoms. The van der Waals surface area contributed by atoms with E-state index in [4.69, 9.17) is 42.6 Å². The van der Waals surface area contributed by atoms with Gasteiger partial charge in [-0.05, 0) is 167 Å². The summed E-state index contributed by atoms with van der Waals surface area (Å²) in [5.41, 5.74) is 0. The van der Waals surface area contributed by atoms with Crippen molar-refractivity contribution in [1.29, 1.82) is 0 Å². The van der Waals surface area contributed by atoms with Gasteiger partial charge in [0.25, 0.3) is 0 Å². The number of hydrogen-bond donors (Lipinski definition) is 0. The number of hydrogen-bond acceptors (Lipinski definition) is 9. The third-order valence-electron chi connectivity index (χ3n) is 12.7. The predicted octanol–water partition coefficient (Wildman–Crippen LogP) is 8.38. The molecule has 0 amide bonds. The molecular formula is C42H74O9. The van der Waals surface area contributed by atoms with Crippen molar-refractivity contribution in [2.24, 2.45) is 23.7 Å². The van der Waals surface area contributed by atoms with Gasteiger partial charge >= 0.3 is 0 Å². The van der Waals surface area contributed by atoms with E-state index in [0.29, 0.717) is 49.8 Å². The van der Waals surface area contributed by atoms with Gasteiger partial charge in [-0.2, -0.15) is 0 Å². The van der Waals surface area contributed by atoms with Gasteiger partial charge in [-0.15, -0.1) is 0 Å². The standard InChI is InChI=1S/C42H74O9/c1-29(23-44-31(3)50-39-17-9-35(10-18-39)21-33-5-13-37(14-6-33)45-25-41-27-47-41)43-24-30(2)49-32(4)51-40-19-11-36(12-20-40)22-34-7-15-38(16-8-34)46-26-42-28-48-42/h29-42H,5-28H2,1-4H3. The fourth-order valence-corrected chi connectivity index (χ4v) is 9.43. The van der Waals surface area contributed by atoms with Crippen molar-refractivity contribution in [1.82, 2.24) is 0 Å². The molecule has 0 N–H and O–H groups in total. The first kappa shape index (κ1) is 40.3. The van der Waals surface area contributed by atoms with Gasteiger partial charge in [0.2, 0.25) is 0 Å². The van der Waals surface area contributed by atoms with Crippen molar-refractivity contribution in [2.75, 3.05) is 39.6 Å². The van der Waals surface area contributed by atoms with Crippen LogP contribution in [0.15, 0.2) is 0 Å². The first-order valence-corrected chi connectivity index (χ1v) is 21.5. The molecule has 4 aliphatic carbocycles. The molecule has 2 heterocycles. The maximum Gasteiger partial charge on any atom is 0.155 e. The van der Waals surface area contributed by atoms with E-state index in [-0.39, 0.29) is 24.8 Å². The normalized spacial score (nSPS) is 38.1. The lowest BCUT2D eigenvalue weighted by Crippen LogP contribution is -2.32. The van der Waals surface area contributed by atoms with Gasteiger partial charge in [-0.3, -0.25) is 0 Å². The molecule has 296 valence electrons. The summed E-state index contributed by atoms with van der Waals surface area (Å²) in [7, 11) is 0. The zero-order chi connectivity index (χ0) is 35.4. The van der Waals surface area contributed by atoms with E-state index in [2.05, 4.69) is 13.8 Å². The maximum atomic E-state index is 6.33. The third-order valence-corrected chi connectivity index (χ3v) is 12.7. The zero-order valence-electron chi connectivity index (χ0n) is 32.7. The smallest absolute Gasteiger partial charge is 0.155 e. The van der Waals surface area contributed by atoms with Gasteiger partial charge in [-0.25, -0.2) is 0 Å². The highest BCUT2D eigenvalue weighted by atomic mass is 16.7. The van der Waals surface area contributed by atoms with Crippen LogP contribution >= 0.6 is 0 Å². The Balaban J connectivity index is 0.736. The largest absolute Gasteiger partial charge is 0.375 e. The molecule has 4 saturated carbocycles. The fraction of sp³-hybridized carbons (Fsp3) is 1.00. The van der Waals surface area contributed by atoms with Crippen molar-refractivity contribution in [2.45, 2.75) is 205 Å². The first-order chi connectivity index (χ1) is 24.8. The van der Waals surface area contributed by atoms with E-state index >= 15 is 0 Å². The second kappa shape index (κ2) is 21.1. The summed E-state index contributed by atoms with van der Waals surface area (Å²) in [5.74, 6) is 3.45. The molecule has 0 aromatic heterocycles. The Morgan fingerprint density at radius 3 is 1.24 bits per heavy atom. The zero-order valence-corrected chi connectivity index (χ0v) is 32.7. The van der Waals surface area contributed by atoms with Crippen LogP contribution in [0.4, 0.5) is 0 Å². The lowest BCUT2D eigenvalue weighted by molar-refractivity contribution is -0.205. The van der Waals surface area contributed by atoms with E-state index in [9.17, 15) is 0 Å². The van der Waals surface area contributed by atoms with Crippen LogP contribution in [-0.4, -0.2) is 101 Å². The Kier molecular flexibility index (Phi) is 16.7. The molecule has 0 aromatic carbocycles. The second-order valence-corrected chi connectivity index (χ2v) is 17.5. The molecular weight excluding hydrogens is 648 g/mol. The van der Waals surface area contributed by atoms with Crippen LogP contribution in [-0.2, 0) is 42.6 Å². The Morgan fingerprint density at radius 1 is 0.451 bits per heavy atom. The molecule has 9 heteroatoms. The van der Waals surface area contributed by atoms with Gasteiger partial charge in [0.05, 0.1) is 76.3 Å². The molecule has 0 radical (unpaired) electrons. The molecule has 6 unspecified atom stereocenters. The van der Waals surface area contributed by atoms with E-state index in [1.807, 2.05) is 13.8 Å². The minimum Gasteiger partial charge on any atom is -0.375 e. The summed E-state index contributed by atoms with van der Waals surface area (Å²) in [6.45, 7) is 12.6. The van der Waals surface area contributed by atoms with Crippen LogP contribution in [0.1, 0.15) is 143 Å². The quantitative estimate of drug-likeness (QED) is 0.0808. The van der Waals surface area contributed by atoms with Gasteiger partial charge < -0.3 is 42.6 Å². The minimum atomic E-state index is -0.223. The summed E-state index contributed by atoms with van der Waals surface area (Å²) in [4.78, 5) is 0. The SMILES string of the molecule is CC(COC(C)OC1CCC(CC2CCC(OCC3CO3)CC2)CC1)OCC(C)OC(C)OC1CCC(CC2CCC(OCC3CO3)CC2)CC1. The molecule has 6 rings (SSSR count). The van der Waals surface area contributed by atoms with E-state index < -0.39 is 0 Å². The summed E-state index contributed by atoms with van der Waals surface area (Å²) < 4.78 is 53.6. The van der Waals surface area contributed by atoms with E-state index in [0.717, 1.165) is 75.8 Å². The third kappa shape index (κ3) is 15.4. The lowest BCUT2D eigenvalue weighted by atomic mass is 9.76. The Hall–Kier alpha value is -0.360. The molecule has 6 fully saturated rings. The van der Waals surface area contributed by atoms with Gasteiger partial charge in [0.1, 0.15) is 12.2 Å². The Morgan fingerprint density at radius 2 is 0.824 bits per heavy atom. The van der Waals surface area contributed by atoms with Crippen molar-refractivity contribution < 1.29 is 42.6 Å². The Bertz CT molecular complexity index is 929. The van der Waals surface area contributed by atoms with E-state index in [1.165, 1.54) is 89.9 Å². The van der Waals surface area contributed by atoms with E-state index in [1.54, 1.807) is 0 Å². The average molecular weight is 723 g/mol. The van der Waals surface area contributed by atoms with Crippen LogP contribution < -0.4 is 0 Å². The molecule has 2 aliphatic heterocycles.